The van der Waals surface area contributed by atoms with Crippen molar-refractivity contribution >= 4 is 29.0 Å². The molecule has 1 fully saturated rings. The first kappa shape index (κ1) is 20.6. The topological polar surface area (TPSA) is 46.6 Å². The van der Waals surface area contributed by atoms with E-state index < -0.39 is 0 Å². The van der Waals surface area contributed by atoms with Crippen LogP contribution in [0.25, 0.3) is 6.08 Å². The van der Waals surface area contributed by atoms with Gasteiger partial charge in [0.05, 0.1) is 11.5 Å². The number of thioether (sulfide) groups is 1. The summed E-state index contributed by atoms with van der Waals surface area (Å²) in [4.78, 5) is 26.7. The third-order valence-electron chi connectivity index (χ3n) is 4.47. The molecule has 1 heterocycles. The van der Waals surface area contributed by atoms with E-state index in [4.69, 9.17) is 4.74 Å². The zero-order valence-corrected chi connectivity index (χ0v) is 17.2. The summed E-state index contributed by atoms with van der Waals surface area (Å²) in [6.45, 7) is 11.5. The highest BCUT2D eigenvalue weighted by molar-refractivity contribution is 8.18. The number of carbonyl (C=O) groups is 2. The Morgan fingerprint density at radius 3 is 2.54 bits per heavy atom. The summed E-state index contributed by atoms with van der Waals surface area (Å²) >= 11 is 1.04. The molecule has 1 aromatic rings. The Kier molecular flexibility index (Phi) is 7.33. The minimum atomic E-state index is -0.171. The molecular weight excluding hydrogens is 346 g/mol. The molecule has 0 unspecified atom stereocenters. The fraction of sp³-hybridized carbons (Fsp3) is 0.524. The molecule has 2 amide bonds. The van der Waals surface area contributed by atoms with E-state index in [9.17, 15) is 9.59 Å². The third-order valence-corrected chi connectivity index (χ3v) is 5.37. The SMILES string of the molecule is CCCCCN1C(=O)S/C(=C\c2cc(C(C)C)c(OCC)cc2C)C1=O. The highest BCUT2D eigenvalue weighted by atomic mass is 32.2. The van der Waals surface area contributed by atoms with E-state index in [1.54, 1.807) is 0 Å². The molecule has 0 atom stereocenters. The molecule has 0 aliphatic carbocycles. The number of ether oxygens (including phenoxy) is 1. The molecule has 0 saturated carbocycles. The monoisotopic (exact) mass is 375 g/mol. The fourth-order valence-corrected chi connectivity index (χ4v) is 3.81. The number of rotatable bonds is 8. The molecule has 1 aromatic carbocycles. The van der Waals surface area contributed by atoms with Gasteiger partial charge in [0.2, 0.25) is 0 Å². The second kappa shape index (κ2) is 9.26. The molecule has 142 valence electrons. The van der Waals surface area contributed by atoms with Crippen LogP contribution in [0.4, 0.5) is 4.79 Å². The van der Waals surface area contributed by atoms with E-state index >= 15 is 0 Å². The molecule has 5 heteroatoms. The minimum Gasteiger partial charge on any atom is -0.494 e. The van der Waals surface area contributed by atoms with Gasteiger partial charge in [-0.3, -0.25) is 14.5 Å². The highest BCUT2D eigenvalue weighted by Gasteiger charge is 2.34. The van der Waals surface area contributed by atoms with Gasteiger partial charge in [-0.2, -0.15) is 0 Å². The van der Waals surface area contributed by atoms with Crippen LogP contribution in [0.2, 0.25) is 0 Å². The lowest BCUT2D eigenvalue weighted by molar-refractivity contribution is -0.122. The van der Waals surface area contributed by atoms with Crippen molar-refractivity contribution in [3.05, 3.63) is 33.7 Å². The average molecular weight is 376 g/mol. The van der Waals surface area contributed by atoms with E-state index in [-0.39, 0.29) is 11.1 Å². The van der Waals surface area contributed by atoms with Crippen LogP contribution in [0, 0.1) is 6.92 Å². The number of imide groups is 1. The van der Waals surface area contributed by atoms with Gasteiger partial charge in [0.1, 0.15) is 5.75 Å². The molecule has 0 N–H and O–H groups in total. The summed E-state index contributed by atoms with van der Waals surface area (Å²) in [6.07, 6.45) is 4.80. The van der Waals surface area contributed by atoms with Crippen molar-refractivity contribution in [2.45, 2.75) is 59.8 Å². The largest absolute Gasteiger partial charge is 0.494 e. The van der Waals surface area contributed by atoms with E-state index in [1.807, 2.05) is 26.0 Å². The Bertz CT molecular complexity index is 709. The third kappa shape index (κ3) is 4.70. The van der Waals surface area contributed by atoms with Gasteiger partial charge in [0, 0.05) is 6.54 Å². The zero-order chi connectivity index (χ0) is 19.3. The van der Waals surface area contributed by atoms with Gasteiger partial charge in [-0.15, -0.1) is 0 Å². The molecule has 0 spiro atoms. The smallest absolute Gasteiger partial charge is 0.293 e. The molecule has 1 aliphatic heterocycles. The number of amides is 2. The first-order valence-electron chi connectivity index (χ1n) is 9.41. The normalized spacial score (nSPS) is 16.2. The van der Waals surface area contributed by atoms with E-state index in [2.05, 4.69) is 26.8 Å². The number of unbranched alkanes of at least 4 members (excludes halogenated alkanes) is 2. The first-order valence-corrected chi connectivity index (χ1v) is 10.2. The zero-order valence-electron chi connectivity index (χ0n) is 16.4. The van der Waals surface area contributed by atoms with Crippen LogP contribution >= 0.6 is 11.8 Å². The molecule has 26 heavy (non-hydrogen) atoms. The maximum Gasteiger partial charge on any atom is 0.293 e. The van der Waals surface area contributed by atoms with Gasteiger partial charge in [0.15, 0.2) is 0 Å². The van der Waals surface area contributed by atoms with E-state index in [0.29, 0.717) is 24.0 Å². The maximum atomic E-state index is 12.6. The lowest BCUT2D eigenvalue weighted by Gasteiger charge is -2.16. The van der Waals surface area contributed by atoms with Crippen molar-refractivity contribution < 1.29 is 14.3 Å². The van der Waals surface area contributed by atoms with Crippen LogP contribution in [0.15, 0.2) is 17.0 Å². The Morgan fingerprint density at radius 2 is 1.92 bits per heavy atom. The minimum absolute atomic E-state index is 0.162. The highest BCUT2D eigenvalue weighted by Crippen LogP contribution is 2.35. The molecule has 1 aliphatic rings. The standard InChI is InChI=1S/C21H29NO3S/c1-6-8-9-10-22-20(23)19(26-21(22)24)13-16-12-17(14(3)4)18(25-7-2)11-15(16)5/h11-14H,6-10H2,1-5H3/b19-13-. The van der Waals surface area contributed by atoms with Gasteiger partial charge in [-0.25, -0.2) is 0 Å². The summed E-state index contributed by atoms with van der Waals surface area (Å²) in [5.74, 6) is 1.04. The van der Waals surface area contributed by atoms with Gasteiger partial charge in [0.25, 0.3) is 11.1 Å². The van der Waals surface area contributed by atoms with Gasteiger partial charge in [-0.05, 0) is 72.8 Å². The molecule has 2 rings (SSSR count). The Morgan fingerprint density at radius 1 is 1.19 bits per heavy atom. The van der Waals surface area contributed by atoms with Crippen LogP contribution in [-0.4, -0.2) is 29.2 Å². The van der Waals surface area contributed by atoms with Crippen LogP contribution in [0.5, 0.6) is 5.75 Å². The van der Waals surface area contributed by atoms with Crippen molar-refractivity contribution in [2.24, 2.45) is 0 Å². The van der Waals surface area contributed by atoms with Crippen LogP contribution in [0.1, 0.15) is 69.6 Å². The average Bonchev–Trinajstić information content (AvgIpc) is 2.84. The number of benzene rings is 1. The summed E-state index contributed by atoms with van der Waals surface area (Å²) in [5, 5.41) is -0.162. The van der Waals surface area contributed by atoms with Crippen molar-refractivity contribution in [1.29, 1.82) is 0 Å². The van der Waals surface area contributed by atoms with Crippen molar-refractivity contribution in [3.63, 3.8) is 0 Å². The number of nitrogens with zero attached hydrogens (tertiary/aromatic N) is 1. The number of hydrogen-bond acceptors (Lipinski definition) is 4. The predicted octanol–water partition coefficient (Wildman–Crippen LogP) is 5.74. The predicted molar refractivity (Wildman–Crippen MR) is 109 cm³/mol. The van der Waals surface area contributed by atoms with Crippen molar-refractivity contribution in [2.75, 3.05) is 13.2 Å². The summed E-state index contributed by atoms with van der Waals surface area (Å²) < 4.78 is 5.76. The summed E-state index contributed by atoms with van der Waals surface area (Å²) in [7, 11) is 0. The van der Waals surface area contributed by atoms with E-state index in [1.165, 1.54) is 4.90 Å². The van der Waals surface area contributed by atoms with Crippen LogP contribution < -0.4 is 4.74 Å². The fourth-order valence-electron chi connectivity index (χ4n) is 2.96. The van der Waals surface area contributed by atoms with Crippen LogP contribution in [0.3, 0.4) is 0 Å². The van der Waals surface area contributed by atoms with Crippen molar-refractivity contribution in [1.82, 2.24) is 4.90 Å². The second-order valence-corrected chi connectivity index (χ2v) is 7.87. The first-order chi connectivity index (χ1) is 12.4. The lowest BCUT2D eigenvalue weighted by Crippen LogP contribution is -2.29. The summed E-state index contributed by atoms with van der Waals surface area (Å²) in [6, 6.07) is 4.10. The Labute approximate surface area is 161 Å². The number of hydrogen-bond donors (Lipinski definition) is 0. The number of aryl methyl sites for hydroxylation is 1. The number of carbonyl (C=O) groups excluding carboxylic acids is 2. The Balaban J connectivity index is 2.30. The van der Waals surface area contributed by atoms with Crippen molar-refractivity contribution in [3.8, 4) is 5.75 Å². The van der Waals surface area contributed by atoms with Gasteiger partial charge >= 0.3 is 0 Å². The Hall–Kier alpha value is -1.75. The molecule has 1 saturated heterocycles. The molecule has 4 nitrogen and oxygen atoms in total. The second-order valence-electron chi connectivity index (χ2n) is 6.87. The molecular formula is C21H29NO3S. The lowest BCUT2D eigenvalue weighted by atomic mass is 9.96. The van der Waals surface area contributed by atoms with Gasteiger partial charge < -0.3 is 4.74 Å². The maximum absolute atomic E-state index is 12.6. The summed E-state index contributed by atoms with van der Waals surface area (Å²) in [5.41, 5.74) is 3.12. The molecule has 0 bridgehead atoms. The molecule has 0 radical (unpaired) electrons. The van der Waals surface area contributed by atoms with E-state index in [0.717, 1.165) is 53.5 Å². The van der Waals surface area contributed by atoms with Crippen LogP contribution in [-0.2, 0) is 4.79 Å². The van der Waals surface area contributed by atoms with Gasteiger partial charge in [-0.1, -0.05) is 33.6 Å². The quantitative estimate of drug-likeness (QED) is 0.429. The molecule has 0 aromatic heterocycles.